The summed E-state index contributed by atoms with van der Waals surface area (Å²) in [4.78, 5) is 23.8. The fraction of sp³-hybridized carbons (Fsp3) is 0.867. The van der Waals surface area contributed by atoms with Gasteiger partial charge in [0.1, 0.15) is 5.60 Å². The molecule has 0 radical (unpaired) electrons. The Hall–Kier alpha value is -0.580. The fourth-order valence-electron chi connectivity index (χ4n) is 2.57. The Morgan fingerprint density at radius 1 is 1.25 bits per heavy atom. The largest absolute Gasteiger partial charge is 0.444 e. The normalized spacial score (nSPS) is 18.4. The molecule has 1 aliphatic rings. The second-order valence-electron chi connectivity index (χ2n) is 6.54. The number of ether oxygens (including phenoxy) is 1. The number of carbonyl (C=O) groups excluding carboxylic acids is 2. The van der Waals surface area contributed by atoms with Crippen LogP contribution in [0.15, 0.2) is 0 Å². The average Bonchev–Trinajstić information content (AvgIpc) is 2.36. The molecule has 0 aromatic carbocycles. The van der Waals surface area contributed by atoms with Crippen molar-refractivity contribution in [2.45, 2.75) is 70.9 Å². The first-order valence-corrected chi connectivity index (χ1v) is 8.52. The van der Waals surface area contributed by atoms with Crippen LogP contribution in [0, 0.1) is 5.92 Å². The molecule has 5 heteroatoms. The van der Waals surface area contributed by atoms with E-state index in [0.29, 0.717) is 5.92 Å². The third kappa shape index (κ3) is 6.73. The van der Waals surface area contributed by atoms with Gasteiger partial charge >= 0.3 is 6.09 Å². The third-order valence-corrected chi connectivity index (χ3v) is 4.06. The molecular weight excluding hydrogens is 322 g/mol. The van der Waals surface area contributed by atoms with E-state index in [-0.39, 0.29) is 11.1 Å². The fourth-order valence-corrected chi connectivity index (χ4v) is 2.96. The zero-order valence-electron chi connectivity index (χ0n) is 12.7. The van der Waals surface area contributed by atoms with Crippen molar-refractivity contribution < 1.29 is 14.3 Å². The predicted molar refractivity (Wildman–Crippen MR) is 83.2 cm³/mol. The lowest BCUT2D eigenvalue weighted by molar-refractivity contribution is -0.119. The summed E-state index contributed by atoms with van der Waals surface area (Å²) in [5, 5.41) is 2.99. The zero-order chi connectivity index (χ0) is 15.2. The summed E-state index contributed by atoms with van der Waals surface area (Å²) in [6.45, 7) is 5.44. The van der Waals surface area contributed by atoms with Crippen molar-refractivity contribution in [2.75, 3.05) is 5.33 Å². The number of carbonyl (C=O) groups is 2. The molecule has 0 aromatic rings. The quantitative estimate of drug-likeness (QED) is 0.769. The van der Waals surface area contributed by atoms with Gasteiger partial charge in [-0.25, -0.2) is 4.79 Å². The molecule has 1 amide bonds. The number of rotatable bonds is 5. The molecule has 1 aliphatic carbocycles. The van der Waals surface area contributed by atoms with Gasteiger partial charge in [0.15, 0.2) is 5.78 Å². The van der Waals surface area contributed by atoms with Gasteiger partial charge in [0.2, 0.25) is 0 Å². The molecule has 20 heavy (non-hydrogen) atoms. The average molecular weight is 348 g/mol. The number of alkyl halides is 1. The van der Waals surface area contributed by atoms with E-state index >= 15 is 0 Å². The number of halogens is 1. The molecule has 0 saturated heterocycles. The first-order valence-electron chi connectivity index (χ1n) is 7.40. The lowest BCUT2D eigenvalue weighted by Gasteiger charge is -2.27. The molecule has 0 spiro atoms. The van der Waals surface area contributed by atoms with Crippen molar-refractivity contribution in [1.29, 1.82) is 0 Å². The van der Waals surface area contributed by atoms with Crippen LogP contribution in [0.4, 0.5) is 4.79 Å². The Kier molecular flexibility index (Phi) is 7.00. The number of hydrogen-bond donors (Lipinski definition) is 1. The minimum Gasteiger partial charge on any atom is -0.444 e. The van der Waals surface area contributed by atoms with Crippen LogP contribution < -0.4 is 5.32 Å². The number of nitrogens with one attached hydrogen (secondary N) is 1. The lowest BCUT2D eigenvalue weighted by Crippen LogP contribution is -2.45. The number of amides is 1. The first kappa shape index (κ1) is 17.5. The number of Topliss-reactive ketones (excluding diaryl/α,β-unsaturated/α-hetero) is 1. The van der Waals surface area contributed by atoms with Gasteiger partial charge in [0.25, 0.3) is 0 Å². The minimum atomic E-state index is -0.545. The Morgan fingerprint density at radius 3 is 2.35 bits per heavy atom. The Balaban J connectivity index is 2.55. The van der Waals surface area contributed by atoms with Crippen LogP contribution in [0.2, 0.25) is 0 Å². The van der Waals surface area contributed by atoms with E-state index in [1.165, 1.54) is 19.3 Å². The molecule has 0 bridgehead atoms. The van der Waals surface area contributed by atoms with Gasteiger partial charge in [-0.3, -0.25) is 4.79 Å². The SMILES string of the molecule is CC(C)(C)OC(=O)N[C@@H](CC1CCCCC1)C(=O)CBr. The molecule has 1 atom stereocenters. The van der Waals surface area contributed by atoms with Gasteiger partial charge < -0.3 is 10.1 Å². The van der Waals surface area contributed by atoms with E-state index in [2.05, 4.69) is 21.2 Å². The molecule has 0 heterocycles. The van der Waals surface area contributed by atoms with Crippen LogP contribution in [-0.4, -0.2) is 28.8 Å². The molecule has 0 aromatic heterocycles. The van der Waals surface area contributed by atoms with Gasteiger partial charge in [-0.1, -0.05) is 48.0 Å². The zero-order valence-corrected chi connectivity index (χ0v) is 14.3. The van der Waals surface area contributed by atoms with Crippen LogP contribution in [0.5, 0.6) is 0 Å². The Labute approximate surface area is 130 Å². The standard InChI is InChI=1S/C15H26BrNO3/c1-15(2,3)20-14(19)17-12(13(18)10-16)9-11-7-5-4-6-8-11/h11-12H,4-10H2,1-3H3,(H,17,19)/t12-/m0/s1. The molecule has 1 N–H and O–H groups in total. The molecule has 116 valence electrons. The van der Waals surface area contributed by atoms with Crippen molar-refractivity contribution >= 4 is 27.8 Å². The number of alkyl carbamates (subject to hydrolysis) is 1. The maximum atomic E-state index is 12.0. The summed E-state index contributed by atoms with van der Waals surface area (Å²) in [6.07, 6.45) is 6.27. The van der Waals surface area contributed by atoms with E-state index in [1.807, 2.05) is 20.8 Å². The monoisotopic (exact) mass is 347 g/mol. The molecular formula is C15H26BrNO3. The maximum absolute atomic E-state index is 12.0. The van der Waals surface area contributed by atoms with Crippen LogP contribution in [-0.2, 0) is 9.53 Å². The molecule has 1 saturated carbocycles. The van der Waals surface area contributed by atoms with Gasteiger partial charge in [-0.2, -0.15) is 0 Å². The van der Waals surface area contributed by atoms with Crippen LogP contribution in [0.3, 0.4) is 0 Å². The van der Waals surface area contributed by atoms with Crippen LogP contribution >= 0.6 is 15.9 Å². The third-order valence-electron chi connectivity index (χ3n) is 3.51. The summed E-state index contributed by atoms with van der Waals surface area (Å²) in [6, 6.07) is -0.438. The van der Waals surface area contributed by atoms with E-state index in [4.69, 9.17) is 4.74 Å². The summed E-state index contributed by atoms with van der Waals surface area (Å²) >= 11 is 3.19. The van der Waals surface area contributed by atoms with Crippen molar-refractivity contribution in [3.05, 3.63) is 0 Å². The molecule has 0 aliphatic heterocycles. The molecule has 0 unspecified atom stereocenters. The Bertz CT molecular complexity index is 333. The van der Waals surface area contributed by atoms with Crippen LogP contribution in [0.25, 0.3) is 0 Å². The highest BCUT2D eigenvalue weighted by atomic mass is 79.9. The first-order chi connectivity index (χ1) is 9.31. The summed E-state index contributed by atoms with van der Waals surface area (Å²) in [7, 11) is 0. The number of hydrogen-bond acceptors (Lipinski definition) is 3. The molecule has 4 nitrogen and oxygen atoms in total. The second-order valence-corrected chi connectivity index (χ2v) is 7.10. The maximum Gasteiger partial charge on any atom is 0.408 e. The minimum absolute atomic E-state index is 0.0152. The second kappa shape index (κ2) is 8.01. The van der Waals surface area contributed by atoms with E-state index < -0.39 is 17.7 Å². The van der Waals surface area contributed by atoms with E-state index in [9.17, 15) is 9.59 Å². The predicted octanol–water partition coefficient (Wildman–Crippen LogP) is 3.81. The van der Waals surface area contributed by atoms with Gasteiger partial charge in [0, 0.05) is 0 Å². The van der Waals surface area contributed by atoms with E-state index in [1.54, 1.807) is 0 Å². The molecule has 1 rings (SSSR count). The van der Waals surface area contributed by atoms with E-state index in [0.717, 1.165) is 19.3 Å². The van der Waals surface area contributed by atoms with Crippen molar-refractivity contribution in [3.8, 4) is 0 Å². The highest BCUT2D eigenvalue weighted by molar-refractivity contribution is 9.09. The summed E-state index contributed by atoms with van der Waals surface area (Å²) < 4.78 is 5.23. The topological polar surface area (TPSA) is 55.4 Å². The van der Waals surface area contributed by atoms with Gasteiger partial charge in [-0.05, 0) is 33.1 Å². The number of ketones is 1. The highest BCUT2D eigenvalue weighted by Crippen LogP contribution is 2.27. The smallest absolute Gasteiger partial charge is 0.408 e. The van der Waals surface area contributed by atoms with Crippen LogP contribution in [0.1, 0.15) is 59.3 Å². The molecule has 1 fully saturated rings. The highest BCUT2D eigenvalue weighted by Gasteiger charge is 2.27. The summed E-state index contributed by atoms with van der Waals surface area (Å²) in [5.74, 6) is 0.549. The van der Waals surface area contributed by atoms with Gasteiger partial charge in [0.05, 0.1) is 11.4 Å². The summed E-state index contributed by atoms with van der Waals surface area (Å²) in [5.41, 5.74) is -0.545. The van der Waals surface area contributed by atoms with Gasteiger partial charge in [-0.15, -0.1) is 0 Å². The van der Waals surface area contributed by atoms with Crippen molar-refractivity contribution in [3.63, 3.8) is 0 Å². The Morgan fingerprint density at radius 2 is 1.85 bits per heavy atom. The van der Waals surface area contributed by atoms with Crippen molar-refractivity contribution in [2.24, 2.45) is 5.92 Å². The lowest BCUT2D eigenvalue weighted by atomic mass is 9.84. The van der Waals surface area contributed by atoms with Crippen molar-refractivity contribution in [1.82, 2.24) is 5.32 Å².